The molecule has 0 aromatic heterocycles. The number of amides is 2. The summed E-state index contributed by atoms with van der Waals surface area (Å²) in [5.74, 6) is -2.08. The summed E-state index contributed by atoms with van der Waals surface area (Å²) in [5.41, 5.74) is 0. The van der Waals surface area contributed by atoms with Gasteiger partial charge in [0.25, 0.3) is 0 Å². The number of esters is 1. The number of likely N-dealkylation sites (tertiary alicyclic amines) is 1. The van der Waals surface area contributed by atoms with Gasteiger partial charge in [-0.05, 0) is 19.8 Å². The van der Waals surface area contributed by atoms with Gasteiger partial charge >= 0.3 is 5.97 Å². The lowest BCUT2D eigenvalue weighted by Crippen LogP contribution is -2.57. The smallest absolute Gasteiger partial charge is 0.311 e. The molecule has 0 aromatic rings. The molecule has 3 rings (SSSR count). The third kappa shape index (κ3) is 4.05. The summed E-state index contributed by atoms with van der Waals surface area (Å²) in [4.78, 5) is 43.9. The number of nitrogens with zero attached hydrogens (tertiary/aromatic N) is 2. The predicted molar refractivity (Wildman–Crippen MR) is 128 cm³/mol. The van der Waals surface area contributed by atoms with E-state index >= 15 is 0 Å². The van der Waals surface area contributed by atoms with E-state index in [0.29, 0.717) is 13.0 Å². The van der Waals surface area contributed by atoms with E-state index in [1.807, 2.05) is 6.92 Å². The Hall–Kier alpha value is -1.32. The van der Waals surface area contributed by atoms with Crippen molar-refractivity contribution in [2.75, 3.05) is 26.3 Å². The summed E-state index contributed by atoms with van der Waals surface area (Å²) in [6, 6.07) is -0.748. The Morgan fingerprint density at radius 3 is 2.75 bits per heavy atom. The van der Waals surface area contributed by atoms with Crippen LogP contribution in [0.5, 0.6) is 0 Å². The Morgan fingerprint density at radius 1 is 1.44 bits per heavy atom. The first-order valence-corrected chi connectivity index (χ1v) is 13.0. The van der Waals surface area contributed by atoms with Gasteiger partial charge in [0.1, 0.15) is 12.6 Å². The standard InChI is InChI=1S/C23H33BrN2O5S/c1-5-8-14(4)25(9-6-2)21(29)19-23-13-15(24)18(32-23)16(22(30)31-12-7-3)17(23)20(28)26(19)10-11-27/h6-7,14-19,27H,2-3,5,8-13H2,1,4H3/t14?,15?,16-,17-,18-,19?,23?/m0/s1. The molecule has 4 unspecified atom stereocenters. The summed E-state index contributed by atoms with van der Waals surface area (Å²) >= 11 is 5.28. The second-order valence-electron chi connectivity index (χ2n) is 8.75. The summed E-state index contributed by atoms with van der Waals surface area (Å²) < 4.78 is 4.63. The molecule has 0 radical (unpaired) electrons. The largest absolute Gasteiger partial charge is 0.461 e. The van der Waals surface area contributed by atoms with Crippen LogP contribution in [0.3, 0.4) is 0 Å². The Morgan fingerprint density at radius 2 is 2.16 bits per heavy atom. The number of thioether (sulfide) groups is 1. The van der Waals surface area contributed by atoms with Crippen molar-refractivity contribution in [2.45, 2.75) is 60.0 Å². The summed E-state index contributed by atoms with van der Waals surface area (Å²) in [6.07, 6.45) is 5.57. The number of hydrogen-bond donors (Lipinski definition) is 1. The molecule has 7 nitrogen and oxygen atoms in total. The molecule has 3 saturated heterocycles. The van der Waals surface area contributed by atoms with Gasteiger partial charge in [-0.3, -0.25) is 14.4 Å². The Labute approximate surface area is 202 Å². The minimum Gasteiger partial charge on any atom is -0.461 e. The van der Waals surface area contributed by atoms with E-state index in [-0.39, 0.29) is 47.7 Å². The first-order chi connectivity index (χ1) is 15.3. The van der Waals surface area contributed by atoms with Gasteiger partial charge in [-0.1, -0.05) is 48.0 Å². The highest BCUT2D eigenvalue weighted by Gasteiger charge is 2.76. The number of alkyl halides is 1. The lowest BCUT2D eigenvalue weighted by atomic mass is 9.71. The first kappa shape index (κ1) is 25.3. The van der Waals surface area contributed by atoms with Crippen LogP contribution in [0.4, 0.5) is 0 Å². The van der Waals surface area contributed by atoms with Crippen molar-refractivity contribution >= 4 is 45.5 Å². The van der Waals surface area contributed by atoms with Crippen LogP contribution in [0.15, 0.2) is 25.3 Å². The van der Waals surface area contributed by atoms with E-state index in [1.165, 1.54) is 11.0 Å². The molecule has 1 N–H and O–H groups in total. The molecular formula is C23H33BrN2O5S. The van der Waals surface area contributed by atoms with Crippen molar-refractivity contribution in [1.82, 2.24) is 9.80 Å². The highest BCUT2D eigenvalue weighted by molar-refractivity contribution is 9.09. The molecule has 178 valence electrons. The van der Waals surface area contributed by atoms with E-state index in [1.54, 1.807) is 22.7 Å². The molecule has 0 aliphatic carbocycles. The number of β-amino-alcohol motifs (C(OH)–C–C–N with tert-alkyl or cyclic N) is 1. The fourth-order valence-electron chi connectivity index (χ4n) is 5.62. The maximum Gasteiger partial charge on any atom is 0.311 e. The topological polar surface area (TPSA) is 87.1 Å². The van der Waals surface area contributed by atoms with Crippen LogP contribution in [0, 0.1) is 11.8 Å². The van der Waals surface area contributed by atoms with Crippen LogP contribution in [0.2, 0.25) is 0 Å². The molecule has 9 heteroatoms. The molecule has 2 bridgehead atoms. The fraction of sp³-hybridized carbons (Fsp3) is 0.696. The molecule has 1 spiro atoms. The van der Waals surface area contributed by atoms with Crippen LogP contribution >= 0.6 is 27.7 Å². The molecule has 3 aliphatic heterocycles. The number of halogens is 1. The first-order valence-electron chi connectivity index (χ1n) is 11.2. The Kier molecular flexibility index (Phi) is 8.15. The van der Waals surface area contributed by atoms with Crippen LogP contribution < -0.4 is 0 Å². The number of aliphatic hydroxyl groups excluding tert-OH is 1. The van der Waals surface area contributed by atoms with Crippen molar-refractivity contribution < 1.29 is 24.2 Å². The minimum atomic E-state index is -0.737. The third-order valence-electron chi connectivity index (χ3n) is 6.83. The lowest BCUT2D eigenvalue weighted by Gasteiger charge is -2.39. The number of hydrogen-bond acceptors (Lipinski definition) is 6. The SMILES string of the molecule is C=CCOC(=O)[C@H]1[C@H]2C(=O)N(CCO)C(C(=O)N(CC=C)C(C)CCC)C23CC(Br)[C@@H]1S3. The number of fused-ring (bicyclic) bond motifs is 1. The summed E-state index contributed by atoms with van der Waals surface area (Å²) in [6.45, 7) is 11.8. The Balaban J connectivity index is 2.03. The minimum absolute atomic E-state index is 0.0104. The van der Waals surface area contributed by atoms with Gasteiger partial charge in [0.05, 0.1) is 23.2 Å². The number of aliphatic hydroxyl groups is 1. The van der Waals surface area contributed by atoms with Crippen molar-refractivity contribution in [2.24, 2.45) is 11.8 Å². The fourth-order valence-corrected chi connectivity index (χ4v) is 9.22. The van der Waals surface area contributed by atoms with E-state index in [4.69, 9.17) is 4.74 Å². The maximum atomic E-state index is 14.0. The van der Waals surface area contributed by atoms with Crippen molar-refractivity contribution in [3.8, 4) is 0 Å². The Bertz CT molecular complexity index is 779. The second-order valence-corrected chi connectivity index (χ2v) is 11.5. The van der Waals surface area contributed by atoms with Crippen LogP contribution in [0.25, 0.3) is 0 Å². The molecule has 0 aromatic carbocycles. The van der Waals surface area contributed by atoms with Gasteiger partial charge in [0, 0.05) is 29.2 Å². The second kappa shape index (κ2) is 10.3. The van der Waals surface area contributed by atoms with E-state index in [9.17, 15) is 19.5 Å². The number of carbonyl (C=O) groups excluding carboxylic acids is 3. The highest BCUT2D eigenvalue weighted by Crippen LogP contribution is 2.68. The third-order valence-corrected chi connectivity index (χ3v) is 10.0. The normalized spacial score (nSPS) is 33.7. The van der Waals surface area contributed by atoms with Crippen molar-refractivity contribution in [3.05, 3.63) is 25.3 Å². The van der Waals surface area contributed by atoms with Gasteiger partial charge in [-0.2, -0.15) is 0 Å². The van der Waals surface area contributed by atoms with E-state index in [2.05, 4.69) is 36.0 Å². The summed E-state index contributed by atoms with van der Waals surface area (Å²) in [7, 11) is 0. The average Bonchev–Trinajstić information content (AvgIpc) is 3.34. The molecule has 3 aliphatic rings. The molecule has 0 saturated carbocycles. The van der Waals surface area contributed by atoms with Crippen LogP contribution in [-0.4, -0.2) is 85.9 Å². The maximum absolute atomic E-state index is 14.0. The molecule has 32 heavy (non-hydrogen) atoms. The molecular weight excluding hydrogens is 496 g/mol. The van der Waals surface area contributed by atoms with Crippen molar-refractivity contribution in [1.29, 1.82) is 0 Å². The molecule has 3 fully saturated rings. The number of ether oxygens (including phenoxy) is 1. The number of carbonyl (C=O) groups is 3. The number of rotatable bonds is 11. The van der Waals surface area contributed by atoms with Gasteiger partial charge in [-0.15, -0.1) is 18.3 Å². The monoisotopic (exact) mass is 528 g/mol. The van der Waals surface area contributed by atoms with Crippen molar-refractivity contribution in [3.63, 3.8) is 0 Å². The quantitative estimate of drug-likeness (QED) is 0.251. The van der Waals surface area contributed by atoms with E-state index in [0.717, 1.165) is 12.8 Å². The molecule has 2 amide bonds. The summed E-state index contributed by atoms with van der Waals surface area (Å²) in [5, 5.41) is 9.55. The lowest BCUT2D eigenvalue weighted by molar-refractivity contribution is -0.153. The van der Waals surface area contributed by atoms with Gasteiger partial charge in [0.2, 0.25) is 11.8 Å². The van der Waals surface area contributed by atoms with Gasteiger partial charge < -0.3 is 19.6 Å². The highest BCUT2D eigenvalue weighted by atomic mass is 79.9. The zero-order valence-corrected chi connectivity index (χ0v) is 21.1. The van der Waals surface area contributed by atoms with Crippen LogP contribution in [0.1, 0.15) is 33.1 Å². The van der Waals surface area contributed by atoms with E-state index < -0.39 is 28.6 Å². The molecule has 3 heterocycles. The van der Waals surface area contributed by atoms with Gasteiger partial charge in [0.15, 0.2) is 0 Å². The zero-order valence-electron chi connectivity index (χ0n) is 18.7. The van der Waals surface area contributed by atoms with Gasteiger partial charge in [-0.25, -0.2) is 0 Å². The zero-order chi connectivity index (χ0) is 23.6. The predicted octanol–water partition coefficient (Wildman–Crippen LogP) is 2.38. The van der Waals surface area contributed by atoms with Crippen LogP contribution in [-0.2, 0) is 19.1 Å². The molecule has 7 atom stereocenters. The average molecular weight is 529 g/mol.